The van der Waals surface area contributed by atoms with Crippen LogP contribution in [0.25, 0.3) is 0 Å². The van der Waals surface area contributed by atoms with E-state index in [1.54, 1.807) is 12.1 Å². The number of anilines is 2. The third-order valence-corrected chi connectivity index (χ3v) is 10.9. The third kappa shape index (κ3) is 5.79. The summed E-state index contributed by atoms with van der Waals surface area (Å²) in [5.41, 5.74) is 2.16. The molecule has 1 fully saturated rings. The van der Waals surface area contributed by atoms with E-state index in [1.165, 1.54) is 21.6 Å². The standard InChI is InChI=1S/C34H30F3N3O4S2/c1-18-8-14-23(15-9-18)40-29(42)26-25(19-10-12-20(13-11-19)33(2,3)4)28-31(45-27(26)30(40)43)39(32(44)46-28)17-24(41)38-22-7-5-6-21(16-22)34(35,36)37/h5-16,25-27H,17H2,1-4H3,(H,38,41)/t25-,26-,27+/m0/s1. The molecule has 3 aromatic carbocycles. The number of aryl methyl sites for hydroxylation is 1. The van der Waals surface area contributed by atoms with Crippen LogP contribution in [0.1, 0.15) is 53.8 Å². The van der Waals surface area contributed by atoms with Gasteiger partial charge in [0.05, 0.1) is 22.2 Å². The zero-order valence-electron chi connectivity index (χ0n) is 25.3. The fourth-order valence-electron chi connectivity index (χ4n) is 5.87. The van der Waals surface area contributed by atoms with E-state index in [0.717, 1.165) is 51.9 Å². The molecule has 0 aliphatic carbocycles. The van der Waals surface area contributed by atoms with Crippen molar-refractivity contribution in [3.8, 4) is 0 Å². The Balaban J connectivity index is 1.39. The first-order chi connectivity index (χ1) is 21.6. The Morgan fingerprint density at radius 1 is 0.891 bits per heavy atom. The van der Waals surface area contributed by atoms with Crippen LogP contribution in [0.2, 0.25) is 0 Å². The number of carbonyl (C=O) groups is 3. The predicted molar refractivity (Wildman–Crippen MR) is 172 cm³/mol. The Labute approximate surface area is 271 Å². The fourth-order valence-corrected chi connectivity index (χ4v) is 8.64. The topological polar surface area (TPSA) is 88.5 Å². The van der Waals surface area contributed by atoms with Crippen LogP contribution in [0.5, 0.6) is 0 Å². The number of nitrogens with zero attached hydrogens (tertiary/aromatic N) is 2. The highest BCUT2D eigenvalue weighted by Gasteiger charge is 2.56. The van der Waals surface area contributed by atoms with E-state index in [-0.39, 0.29) is 17.0 Å². The number of carbonyl (C=O) groups excluding carboxylic acids is 3. The zero-order chi connectivity index (χ0) is 33.1. The molecule has 1 aromatic heterocycles. The van der Waals surface area contributed by atoms with Gasteiger partial charge in [0.15, 0.2) is 0 Å². The van der Waals surface area contributed by atoms with Crippen molar-refractivity contribution >= 4 is 52.2 Å². The van der Waals surface area contributed by atoms with E-state index < -0.39 is 52.1 Å². The number of aromatic nitrogens is 1. The van der Waals surface area contributed by atoms with Gasteiger partial charge in [-0.2, -0.15) is 13.2 Å². The molecule has 0 radical (unpaired) electrons. The highest BCUT2D eigenvalue weighted by Crippen LogP contribution is 2.54. The Morgan fingerprint density at radius 2 is 1.57 bits per heavy atom. The lowest BCUT2D eigenvalue weighted by Gasteiger charge is -2.31. The minimum Gasteiger partial charge on any atom is -0.325 e. The smallest absolute Gasteiger partial charge is 0.325 e. The van der Waals surface area contributed by atoms with Crippen LogP contribution in [0.4, 0.5) is 24.5 Å². The van der Waals surface area contributed by atoms with Crippen molar-refractivity contribution in [3.05, 3.63) is 110 Å². The maximum atomic E-state index is 14.1. The minimum absolute atomic E-state index is 0.0631. The van der Waals surface area contributed by atoms with E-state index in [2.05, 4.69) is 26.1 Å². The van der Waals surface area contributed by atoms with Crippen LogP contribution < -0.4 is 15.1 Å². The first-order valence-electron chi connectivity index (χ1n) is 14.6. The number of hydrogen-bond acceptors (Lipinski definition) is 6. The maximum Gasteiger partial charge on any atom is 0.416 e. The number of thiazole rings is 1. The summed E-state index contributed by atoms with van der Waals surface area (Å²) in [6.45, 7) is 7.68. The molecule has 2 aliphatic heterocycles. The molecule has 3 amide bonds. The third-order valence-electron chi connectivity index (χ3n) is 8.25. The first kappa shape index (κ1) is 31.8. The molecule has 0 unspecified atom stereocenters. The number of rotatable bonds is 5. The second-order valence-corrected chi connectivity index (χ2v) is 14.6. The quantitative estimate of drug-likeness (QED) is 0.233. The van der Waals surface area contributed by atoms with Gasteiger partial charge in [-0.3, -0.25) is 23.7 Å². The molecule has 0 bridgehead atoms. The summed E-state index contributed by atoms with van der Waals surface area (Å²) in [5.74, 6) is -2.91. The Kier molecular flexibility index (Phi) is 8.00. The molecule has 238 valence electrons. The SMILES string of the molecule is Cc1ccc(N2C(=O)[C@H]3[C@H](c4ccc(C(C)(C)C)cc4)c4sc(=O)n(CC(=O)Nc5cccc(C(F)(F)F)c5)c4S[C@H]3C2=O)cc1. The lowest BCUT2D eigenvalue weighted by Crippen LogP contribution is -2.33. The average molecular weight is 666 g/mol. The van der Waals surface area contributed by atoms with E-state index >= 15 is 0 Å². The summed E-state index contributed by atoms with van der Waals surface area (Å²) in [5, 5.41) is 1.99. The van der Waals surface area contributed by atoms with Crippen molar-refractivity contribution in [3.63, 3.8) is 0 Å². The number of fused-ring (bicyclic) bond motifs is 2. The fraction of sp³-hybridized carbons (Fsp3) is 0.294. The van der Waals surface area contributed by atoms with Crippen LogP contribution >= 0.6 is 23.1 Å². The Hall–Kier alpha value is -4.16. The molecule has 4 aromatic rings. The highest BCUT2D eigenvalue weighted by atomic mass is 32.2. The van der Waals surface area contributed by atoms with Crippen molar-refractivity contribution in [2.75, 3.05) is 10.2 Å². The zero-order valence-corrected chi connectivity index (χ0v) is 27.0. The number of amides is 3. The molecule has 0 spiro atoms. The summed E-state index contributed by atoms with van der Waals surface area (Å²) in [4.78, 5) is 55.8. The van der Waals surface area contributed by atoms with Gasteiger partial charge in [0.1, 0.15) is 11.8 Å². The molecule has 1 N–H and O–H groups in total. The normalized spacial score (nSPS) is 19.6. The van der Waals surface area contributed by atoms with Gasteiger partial charge in [0.2, 0.25) is 17.7 Å². The van der Waals surface area contributed by atoms with Gasteiger partial charge in [-0.05, 0) is 53.8 Å². The summed E-state index contributed by atoms with van der Waals surface area (Å²) in [7, 11) is 0. The minimum atomic E-state index is -4.59. The summed E-state index contributed by atoms with van der Waals surface area (Å²) in [6.07, 6.45) is -4.59. The monoisotopic (exact) mass is 665 g/mol. The van der Waals surface area contributed by atoms with Gasteiger partial charge in [-0.25, -0.2) is 4.90 Å². The second-order valence-electron chi connectivity index (χ2n) is 12.5. The Morgan fingerprint density at radius 3 is 2.20 bits per heavy atom. The van der Waals surface area contributed by atoms with Gasteiger partial charge in [-0.15, -0.1) is 0 Å². The van der Waals surface area contributed by atoms with Crippen LogP contribution in [0, 0.1) is 12.8 Å². The van der Waals surface area contributed by atoms with Crippen molar-refractivity contribution in [2.24, 2.45) is 5.92 Å². The highest BCUT2D eigenvalue weighted by molar-refractivity contribution is 8.00. The summed E-state index contributed by atoms with van der Waals surface area (Å²) >= 11 is 1.99. The van der Waals surface area contributed by atoms with Crippen LogP contribution in [-0.4, -0.2) is 27.5 Å². The first-order valence-corrected chi connectivity index (χ1v) is 16.3. The van der Waals surface area contributed by atoms with Crippen molar-refractivity contribution < 1.29 is 27.6 Å². The predicted octanol–water partition coefficient (Wildman–Crippen LogP) is 6.97. The molecule has 3 heterocycles. The largest absolute Gasteiger partial charge is 0.416 e. The van der Waals surface area contributed by atoms with Gasteiger partial charge < -0.3 is 5.32 Å². The molecule has 7 nitrogen and oxygen atoms in total. The number of hydrogen-bond donors (Lipinski definition) is 1. The van der Waals surface area contributed by atoms with Gasteiger partial charge in [0.25, 0.3) is 0 Å². The molecule has 1 saturated heterocycles. The number of benzene rings is 3. The average Bonchev–Trinajstić information content (AvgIpc) is 3.43. The summed E-state index contributed by atoms with van der Waals surface area (Å²) < 4.78 is 40.9. The Bertz CT molecular complexity index is 1910. The molecular weight excluding hydrogens is 636 g/mol. The van der Waals surface area contributed by atoms with Crippen molar-refractivity contribution in [2.45, 2.75) is 62.0 Å². The number of alkyl halides is 3. The van der Waals surface area contributed by atoms with Crippen LogP contribution in [-0.2, 0) is 32.5 Å². The molecule has 0 saturated carbocycles. The van der Waals surface area contributed by atoms with Crippen LogP contribution in [0.15, 0.2) is 82.6 Å². The van der Waals surface area contributed by atoms with E-state index in [4.69, 9.17) is 0 Å². The van der Waals surface area contributed by atoms with E-state index in [1.807, 2.05) is 43.3 Å². The van der Waals surface area contributed by atoms with Gasteiger partial charge in [-0.1, -0.05) is 91.9 Å². The molecule has 3 atom stereocenters. The second kappa shape index (κ2) is 11.6. The number of thioether (sulfide) groups is 1. The molecule has 6 rings (SSSR count). The molecule has 46 heavy (non-hydrogen) atoms. The molecule has 2 aliphatic rings. The summed E-state index contributed by atoms with van der Waals surface area (Å²) in [6, 6.07) is 19.1. The van der Waals surface area contributed by atoms with Crippen molar-refractivity contribution in [1.29, 1.82) is 0 Å². The lowest BCUT2D eigenvalue weighted by molar-refractivity contribution is -0.137. The number of nitrogens with one attached hydrogen (secondary N) is 1. The molecular formula is C34H30F3N3O4S2. The van der Waals surface area contributed by atoms with Crippen LogP contribution in [0.3, 0.4) is 0 Å². The van der Waals surface area contributed by atoms with E-state index in [0.29, 0.717) is 15.6 Å². The van der Waals surface area contributed by atoms with Gasteiger partial charge in [0, 0.05) is 16.5 Å². The number of imide groups is 1. The van der Waals surface area contributed by atoms with Crippen molar-refractivity contribution in [1.82, 2.24) is 4.57 Å². The van der Waals surface area contributed by atoms with E-state index in [9.17, 15) is 32.3 Å². The lowest BCUT2D eigenvalue weighted by atomic mass is 9.81. The molecule has 12 heteroatoms. The number of halogens is 3. The van der Waals surface area contributed by atoms with Gasteiger partial charge >= 0.3 is 11.0 Å². The maximum absolute atomic E-state index is 14.1.